The quantitative estimate of drug-likeness (QED) is 0.114. The summed E-state index contributed by atoms with van der Waals surface area (Å²) in [6.07, 6.45) is 7.38. The second kappa shape index (κ2) is 17.1. The van der Waals surface area contributed by atoms with Crippen LogP contribution in [-0.4, -0.2) is 84.9 Å². The van der Waals surface area contributed by atoms with Crippen molar-refractivity contribution in [1.82, 2.24) is 25.2 Å². The van der Waals surface area contributed by atoms with Crippen LogP contribution in [0.2, 0.25) is 0 Å². The number of carbonyl (C=O) groups is 4. The molecule has 0 spiro atoms. The maximum absolute atomic E-state index is 13.7. The number of benzene rings is 3. The van der Waals surface area contributed by atoms with Gasteiger partial charge in [-0.25, -0.2) is 14.6 Å². The minimum atomic E-state index is -0.996. The van der Waals surface area contributed by atoms with Gasteiger partial charge in [0.1, 0.15) is 23.4 Å². The van der Waals surface area contributed by atoms with Crippen LogP contribution < -0.4 is 25.8 Å². The number of hydrogen-bond acceptors (Lipinski definition) is 10. The van der Waals surface area contributed by atoms with Gasteiger partial charge in [0.15, 0.2) is 13.2 Å². The second-order valence-corrected chi connectivity index (χ2v) is 12.9. The lowest BCUT2D eigenvalue weighted by Crippen LogP contribution is -2.43. The average molecular weight is 725 g/mol. The van der Waals surface area contributed by atoms with Crippen molar-refractivity contribution < 1.29 is 38.1 Å². The van der Waals surface area contributed by atoms with E-state index in [1.807, 2.05) is 30.3 Å². The zero-order chi connectivity index (χ0) is 37.3. The van der Waals surface area contributed by atoms with E-state index in [9.17, 15) is 19.2 Å². The van der Waals surface area contributed by atoms with Crippen molar-refractivity contribution in [1.29, 1.82) is 0 Å². The molecule has 1 aliphatic rings. The molecular formula is C39H44N6O8. The molecule has 1 atom stereocenters. The average Bonchev–Trinajstić information content (AvgIpc) is 3.78. The second-order valence-electron chi connectivity index (χ2n) is 12.9. The van der Waals surface area contributed by atoms with Gasteiger partial charge >= 0.3 is 11.9 Å². The van der Waals surface area contributed by atoms with Crippen LogP contribution in [0.1, 0.15) is 54.1 Å². The summed E-state index contributed by atoms with van der Waals surface area (Å²) in [5.74, 6) is -0.0172. The first-order valence-corrected chi connectivity index (χ1v) is 17.7. The summed E-state index contributed by atoms with van der Waals surface area (Å²) in [4.78, 5) is 58.5. The molecule has 14 nitrogen and oxygen atoms in total. The van der Waals surface area contributed by atoms with Crippen LogP contribution in [0.4, 0.5) is 0 Å². The SMILES string of the molecule is COC(=O)COc1ccc2[nH]cc(C[C@@H](NC(=O)c3ccc4c(c3)nc(-c3ccc(OCC(=O)NCCN)cc3)n4C3CCCCC3)C(=O)OC)c2c1. The fraction of sp³-hybridized carbons (Fsp3) is 0.359. The van der Waals surface area contributed by atoms with Gasteiger partial charge in [0.2, 0.25) is 0 Å². The number of nitrogens with one attached hydrogen (secondary N) is 3. The van der Waals surface area contributed by atoms with Crippen molar-refractivity contribution in [2.75, 3.05) is 40.5 Å². The minimum absolute atomic E-state index is 0.113. The number of carbonyl (C=O) groups excluding carboxylic acids is 4. The van der Waals surface area contributed by atoms with Crippen LogP contribution in [0, 0.1) is 0 Å². The third-order valence-corrected chi connectivity index (χ3v) is 9.38. The molecule has 2 amide bonds. The largest absolute Gasteiger partial charge is 0.484 e. The molecule has 0 unspecified atom stereocenters. The van der Waals surface area contributed by atoms with Crippen molar-refractivity contribution in [2.24, 2.45) is 5.73 Å². The number of amides is 2. The molecule has 0 bridgehead atoms. The van der Waals surface area contributed by atoms with Crippen molar-refractivity contribution in [3.8, 4) is 22.9 Å². The van der Waals surface area contributed by atoms with Gasteiger partial charge in [-0.3, -0.25) is 9.59 Å². The van der Waals surface area contributed by atoms with Gasteiger partial charge in [-0.15, -0.1) is 0 Å². The van der Waals surface area contributed by atoms with E-state index in [0.29, 0.717) is 35.7 Å². The highest BCUT2D eigenvalue weighted by molar-refractivity contribution is 6.00. The summed E-state index contributed by atoms with van der Waals surface area (Å²) in [7, 11) is 2.56. The number of rotatable bonds is 15. The predicted molar refractivity (Wildman–Crippen MR) is 198 cm³/mol. The van der Waals surface area contributed by atoms with E-state index >= 15 is 0 Å². The first kappa shape index (κ1) is 36.9. The van der Waals surface area contributed by atoms with Gasteiger partial charge in [-0.05, 0) is 79.1 Å². The molecule has 1 fully saturated rings. The molecule has 278 valence electrons. The molecule has 1 aliphatic carbocycles. The summed E-state index contributed by atoms with van der Waals surface area (Å²) in [6, 6.07) is 17.4. The Balaban J connectivity index is 1.23. The van der Waals surface area contributed by atoms with Crippen LogP contribution in [0.3, 0.4) is 0 Å². The van der Waals surface area contributed by atoms with Gasteiger partial charge in [0, 0.05) is 53.8 Å². The number of nitrogens with two attached hydrogens (primary N) is 1. The Morgan fingerprint density at radius 3 is 2.42 bits per heavy atom. The summed E-state index contributed by atoms with van der Waals surface area (Å²) in [5, 5.41) is 6.32. The van der Waals surface area contributed by atoms with Gasteiger partial charge < -0.3 is 44.9 Å². The van der Waals surface area contributed by atoms with Crippen molar-refractivity contribution in [3.05, 3.63) is 78.0 Å². The van der Waals surface area contributed by atoms with Crippen LogP contribution in [0.5, 0.6) is 11.5 Å². The number of aromatic amines is 1. The molecule has 6 rings (SSSR count). The fourth-order valence-corrected chi connectivity index (χ4v) is 6.68. The van der Waals surface area contributed by atoms with Crippen molar-refractivity contribution in [2.45, 2.75) is 50.6 Å². The molecule has 1 saturated carbocycles. The monoisotopic (exact) mass is 724 g/mol. The summed E-state index contributed by atoms with van der Waals surface area (Å²) < 4.78 is 23.2. The molecule has 5 N–H and O–H groups in total. The minimum Gasteiger partial charge on any atom is -0.484 e. The number of ether oxygens (including phenoxy) is 4. The highest BCUT2D eigenvalue weighted by Crippen LogP contribution is 2.36. The Bertz CT molecular complexity index is 2080. The van der Waals surface area contributed by atoms with Gasteiger partial charge in [-0.2, -0.15) is 0 Å². The highest BCUT2D eigenvalue weighted by atomic mass is 16.6. The normalized spacial score (nSPS) is 13.7. The zero-order valence-corrected chi connectivity index (χ0v) is 29.8. The molecule has 0 radical (unpaired) electrons. The number of H-pyrrole nitrogens is 1. The summed E-state index contributed by atoms with van der Waals surface area (Å²) in [6.45, 7) is 0.385. The van der Waals surface area contributed by atoms with E-state index in [2.05, 4.69) is 24.9 Å². The van der Waals surface area contributed by atoms with E-state index in [0.717, 1.165) is 59.1 Å². The third-order valence-electron chi connectivity index (χ3n) is 9.38. The molecule has 0 aliphatic heterocycles. The number of nitrogens with zero attached hydrogens (tertiary/aromatic N) is 2. The van der Waals surface area contributed by atoms with E-state index in [1.165, 1.54) is 20.6 Å². The van der Waals surface area contributed by atoms with Crippen LogP contribution >= 0.6 is 0 Å². The standard InChI is InChI=1S/C39H44N6O8/c1-50-36(47)23-53-29-13-14-31-30(20-29)26(21-42-31)19-33(39(49)51-2)44-38(48)25-10-15-34-32(18-25)43-37(45(34)27-6-4-3-5-7-27)24-8-11-28(12-9-24)52-22-35(46)41-17-16-40/h8-15,18,20-21,27,33,42H,3-7,16-17,19,22-23,40H2,1-2H3,(H,41,46)(H,44,48)/t33-/m1/s1. The lowest BCUT2D eigenvalue weighted by Gasteiger charge is -2.25. The maximum atomic E-state index is 13.7. The number of esters is 2. The lowest BCUT2D eigenvalue weighted by atomic mass is 9.94. The van der Waals surface area contributed by atoms with Crippen molar-refractivity contribution >= 4 is 45.7 Å². The fourth-order valence-electron chi connectivity index (χ4n) is 6.68. The molecule has 2 heterocycles. The smallest absolute Gasteiger partial charge is 0.343 e. The van der Waals surface area contributed by atoms with Crippen LogP contribution in [0.15, 0.2) is 66.9 Å². The van der Waals surface area contributed by atoms with Crippen LogP contribution in [-0.2, 0) is 30.3 Å². The number of methoxy groups -OCH3 is 2. The Labute approximate surface area is 306 Å². The van der Waals surface area contributed by atoms with Gasteiger partial charge in [-0.1, -0.05) is 19.3 Å². The Morgan fingerprint density at radius 2 is 1.68 bits per heavy atom. The van der Waals surface area contributed by atoms with E-state index in [-0.39, 0.29) is 31.6 Å². The highest BCUT2D eigenvalue weighted by Gasteiger charge is 2.26. The van der Waals surface area contributed by atoms with E-state index in [4.69, 9.17) is 24.9 Å². The molecular weight excluding hydrogens is 680 g/mol. The summed E-state index contributed by atoms with van der Waals surface area (Å²) in [5.41, 5.74) is 9.78. The number of fused-ring (bicyclic) bond motifs is 2. The zero-order valence-electron chi connectivity index (χ0n) is 29.8. The first-order valence-electron chi connectivity index (χ1n) is 17.7. The molecule has 14 heteroatoms. The number of imidazole rings is 1. The van der Waals surface area contributed by atoms with Gasteiger partial charge in [0.25, 0.3) is 11.8 Å². The van der Waals surface area contributed by atoms with Gasteiger partial charge in [0.05, 0.1) is 25.3 Å². The predicted octanol–water partition coefficient (Wildman–Crippen LogP) is 4.21. The number of aromatic nitrogens is 3. The molecule has 2 aromatic heterocycles. The van der Waals surface area contributed by atoms with Crippen molar-refractivity contribution in [3.63, 3.8) is 0 Å². The lowest BCUT2D eigenvalue weighted by molar-refractivity contribution is -0.143. The molecule has 53 heavy (non-hydrogen) atoms. The Morgan fingerprint density at radius 1 is 0.925 bits per heavy atom. The number of hydrogen-bond donors (Lipinski definition) is 4. The summed E-state index contributed by atoms with van der Waals surface area (Å²) >= 11 is 0. The van der Waals surface area contributed by atoms with E-state index in [1.54, 1.807) is 36.5 Å². The van der Waals surface area contributed by atoms with Crippen LogP contribution in [0.25, 0.3) is 33.3 Å². The molecule has 0 saturated heterocycles. The van der Waals surface area contributed by atoms with E-state index < -0.39 is 23.9 Å². The Hall–Kier alpha value is -5.89. The molecule has 5 aromatic rings. The Kier molecular flexibility index (Phi) is 11.9. The molecule has 3 aromatic carbocycles. The maximum Gasteiger partial charge on any atom is 0.343 e. The third kappa shape index (κ3) is 8.78. The first-order chi connectivity index (χ1) is 25.8. The topological polar surface area (TPSA) is 189 Å².